The molecule has 124 valence electrons. The zero-order valence-electron chi connectivity index (χ0n) is 12.7. The van der Waals surface area contributed by atoms with Crippen LogP contribution in [-0.2, 0) is 6.42 Å². The van der Waals surface area contributed by atoms with Crippen LogP contribution in [0.4, 0.5) is 0 Å². The predicted molar refractivity (Wildman–Crippen MR) is 91.7 cm³/mol. The lowest BCUT2D eigenvalue weighted by atomic mass is 10.1. The van der Waals surface area contributed by atoms with E-state index in [1.807, 2.05) is 19.1 Å². The maximum Gasteiger partial charge on any atom is 0.133 e. The molecule has 0 aliphatic rings. The van der Waals surface area contributed by atoms with Gasteiger partial charge < -0.3 is 25.7 Å². The summed E-state index contributed by atoms with van der Waals surface area (Å²) in [5.74, 6) is 0.0198. The largest absolute Gasteiger partial charge is 0.508 e. The lowest BCUT2D eigenvalue weighted by Gasteiger charge is -2.19. The van der Waals surface area contributed by atoms with E-state index in [9.17, 15) is 20.4 Å². The van der Waals surface area contributed by atoms with E-state index in [0.717, 1.165) is 12.0 Å². The van der Waals surface area contributed by atoms with E-state index in [0.29, 0.717) is 10.0 Å². The Balaban J connectivity index is 1.93. The molecule has 0 saturated heterocycles. The highest BCUT2D eigenvalue weighted by molar-refractivity contribution is 9.10. The number of hydrogen-bond donors (Lipinski definition) is 5. The van der Waals surface area contributed by atoms with Crippen LogP contribution in [0, 0.1) is 0 Å². The zero-order chi connectivity index (χ0) is 17.0. The van der Waals surface area contributed by atoms with Gasteiger partial charge in [-0.1, -0.05) is 12.1 Å². The molecule has 0 heterocycles. The van der Waals surface area contributed by atoms with Gasteiger partial charge in [0.15, 0.2) is 0 Å². The van der Waals surface area contributed by atoms with Crippen LogP contribution in [0.25, 0.3) is 0 Å². The van der Waals surface area contributed by atoms with Crippen molar-refractivity contribution in [1.82, 2.24) is 5.32 Å². The first kappa shape index (κ1) is 17.6. The molecule has 6 heteroatoms. The summed E-state index contributed by atoms with van der Waals surface area (Å²) in [6.45, 7) is 2.27. The molecular weight excluding hydrogens is 362 g/mol. The molecule has 0 aliphatic carbocycles. The standard InChI is InChI=1S/C17H20BrNO4/c1-10(6-11-2-4-12(20)5-3-11)19-9-16(23)14-7-13(21)8-15(22)17(14)18/h2-5,7-8,10,16,19-23H,6,9H2,1H3. The molecule has 0 radical (unpaired) electrons. The molecule has 0 bridgehead atoms. The molecule has 23 heavy (non-hydrogen) atoms. The Hall–Kier alpha value is -1.76. The summed E-state index contributed by atoms with van der Waals surface area (Å²) < 4.78 is 0.371. The molecule has 2 aromatic carbocycles. The zero-order valence-corrected chi connectivity index (χ0v) is 14.3. The van der Waals surface area contributed by atoms with Crippen molar-refractivity contribution in [2.45, 2.75) is 25.5 Å². The predicted octanol–water partition coefficient (Wildman–Crippen LogP) is 2.82. The lowest BCUT2D eigenvalue weighted by molar-refractivity contribution is 0.169. The molecular formula is C17H20BrNO4. The third-order valence-corrected chi connectivity index (χ3v) is 4.43. The van der Waals surface area contributed by atoms with Gasteiger partial charge in [-0.25, -0.2) is 0 Å². The molecule has 2 atom stereocenters. The van der Waals surface area contributed by atoms with E-state index in [1.54, 1.807) is 12.1 Å². The molecule has 0 aromatic heterocycles. The van der Waals surface area contributed by atoms with Crippen LogP contribution in [0.5, 0.6) is 17.2 Å². The second-order valence-electron chi connectivity index (χ2n) is 5.56. The summed E-state index contributed by atoms with van der Waals surface area (Å²) >= 11 is 3.21. The Kier molecular flexibility index (Phi) is 5.87. The van der Waals surface area contributed by atoms with E-state index in [2.05, 4.69) is 21.2 Å². The van der Waals surface area contributed by atoms with Crippen molar-refractivity contribution in [3.05, 3.63) is 52.0 Å². The highest BCUT2D eigenvalue weighted by Crippen LogP contribution is 2.35. The summed E-state index contributed by atoms with van der Waals surface area (Å²) in [4.78, 5) is 0. The van der Waals surface area contributed by atoms with E-state index >= 15 is 0 Å². The number of phenols is 3. The number of halogens is 1. The van der Waals surface area contributed by atoms with Gasteiger partial charge in [-0.2, -0.15) is 0 Å². The normalized spacial score (nSPS) is 13.7. The van der Waals surface area contributed by atoms with Gasteiger partial charge in [-0.3, -0.25) is 0 Å². The van der Waals surface area contributed by atoms with Crippen molar-refractivity contribution >= 4 is 15.9 Å². The minimum absolute atomic E-state index is 0.100. The van der Waals surface area contributed by atoms with Crippen LogP contribution in [0.1, 0.15) is 24.2 Å². The average molecular weight is 382 g/mol. The molecule has 0 aliphatic heterocycles. The third kappa shape index (κ3) is 4.86. The summed E-state index contributed by atoms with van der Waals surface area (Å²) in [5.41, 5.74) is 1.50. The maximum absolute atomic E-state index is 10.3. The smallest absolute Gasteiger partial charge is 0.133 e. The third-order valence-electron chi connectivity index (χ3n) is 3.56. The van der Waals surface area contributed by atoms with Crippen molar-refractivity contribution in [3.8, 4) is 17.2 Å². The first-order chi connectivity index (χ1) is 10.9. The number of aliphatic hydroxyl groups excluding tert-OH is 1. The van der Waals surface area contributed by atoms with Gasteiger partial charge in [0.1, 0.15) is 17.2 Å². The van der Waals surface area contributed by atoms with Crippen molar-refractivity contribution in [1.29, 1.82) is 0 Å². The lowest BCUT2D eigenvalue weighted by Crippen LogP contribution is -2.32. The molecule has 5 N–H and O–H groups in total. The van der Waals surface area contributed by atoms with E-state index in [4.69, 9.17) is 0 Å². The highest BCUT2D eigenvalue weighted by Gasteiger charge is 2.16. The summed E-state index contributed by atoms with van der Waals surface area (Å²) in [6, 6.07) is 9.73. The van der Waals surface area contributed by atoms with Crippen LogP contribution in [0.2, 0.25) is 0 Å². The van der Waals surface area contributed by atoms with Gasteiger partial charge >= 0.3 is 0 Å². The number of benzene rings is 2. The fourth-order valence-electron chi connectivity index (χ4n) is 2.34. The van der Waals surface area contributed by atoms with Crippen molar-refractivity contribution in [2.75, 3.05) is 6.54 Å². The van der Waals surface area contributed by atoms with Crippen molar-refractivity contribution in [2.24, 2.45) is 0 Å². The molecule has 0 amide bonds. The van der Waals surface area contributed by atoms with E-state index in [-0.39, 0.29) is 29.8 Å². The van der Waals surface area contributed by atoms with Gasteiger partial charge in [-0.05, 0) is 53.0 Å². The Bertz CT molecular complexity index is 660. The van der Waals surface area contributed by atoms with Gasteiger partial charge in [0.2, 0.25) is 0 Å². The Morgan fingerprint density at radius 2 is 1.70 bits per heavy atom. The van der Waals surface area contributed by atoms with Gasteiger partial charge in [0, 0.05) is 24.2 Å². The minimum Gasteiger partial charge on any atom is -0.508 e. The number of aliphatic hydroxyl groups is 1. The van der Waals surface area contributed by atoms with Crippen LogP contribution in [0.3, 0.4) is 0 Å². The summed E-state index contributed by atoms with van der Waals surface area (Å²) in [6.07, 6.45) is -0.121. The Morgan fingerprint density at radius 3 is 2.35 bits per heavy atom. The number of rotatable bonds is 6. The highest BCUT2D eigenvalue weighted by atomic mass is 79.9. The fraction of sp³-hybridized carbons (Fsp3) is 0.294. The first-order valence-electron chi connectivity index (χ1n) is 7.27. The number of nitrogens with one attached hydrogen (secondary N) is 1. The topological polar surface area (TPSA) is 93.0 Å². The van der Waals surface area contributed by atoms with Crippen molar-refractivity contribution < 1.29 is 20.4 Å². The second-order valence-corrected chi connectivity index (χ2v) is 6.36. The summed E-state index contributed by atoms with van der Waals surface area (Å²) in [5, 5.41) is 41.9. The van der Waals surface area contributed by atoms with Crippen LogP contribution >= 0.6 is 15.9 Å². The van der Waals surface area contributed by atoms with Crippen LogP contribution in [0.15, 0.2) is 40.9 Å². The van der Waals surface area contributed by atoms with Crippen LogP contribution in [-0.4, -0.2) is 33.0 Å². The average Bonchev–Trinajstić information content (AvgIpc) is 2.50. The molecule has 0 spiro atoms. The molecule has 0 saturated carbocycles. The monoisotopic (exact) mass is 381 g/mol. The van der Waals surface area contributed by atoms with Gasteiger partial charge in [0.05, 0.1) is 10.6 Å². The second kappa shape index (κ2) is 7.68. The molecule has 0 fully saturated rings. The fourth-order valence-corrected chi connectivity index (χ4v) is 2.83. The van der Waals surface area contributed by atoms with Crippen LogP contribution < -0.4 is 5.32 Å². The summed E-state index contributed by atoms with van der Waals surface area (Å²) in [7, 11) is 0. The SMILES string of the molecule is CC(Cc1ccc(O)cc1)NCC(O)c1cc(O)cc(O)c1Br. The molecule has 2 unspecified atom stereocenters. The van der Waals surface area contributed by atoms with E-state index < -0.39 is 6.10 Å². The Labute approximate surface area is 143 Å². The maximum atomic E-state index is 10.3. The quantitative estimate of drug-likeness (QED) is 0.530. The van der Waals surface area contributed by atoms with Crippen molar-refractivity contribution in [3.63, 3.8) is 0 Å². The number of aromatic hydroxyl groups is 3. The first-order valence-corrected chi connectivity index (χ1v) is 8.07. The molecule has 2 aromatic rings. The van der Waals surface area contributed by atoms with E-state index in [1.165, 1.54) is 12.1 Å². The number of phenolic OH excluding ortho intramolecular Hbond substituents is 3. The van der Waals surface area contributed by atoms with Gasteiger partial charge in [-0.15, -0.1) is 0 Å². The van der Waals surface area contributed by atoms with Gasteiger partial charge in [0.25, 0.3) is 0 Å². The Morgan fingerprint density at radius 1 is 1.04 bits per heavy atom. The molecule has 2 rings (SSSR count). The molecule has 5 nitrogen and oxygen atoms in total. The minimum atomic E-state index is -0.871. The number of hydrogen-bond acceptors (Lipinski definition) is 5.